The summed E-state index contributed by atoms with van der Waals surface area (Å²) in [6, 6.07) is 78.3. The third-order valence-electron chi connectivity index (χ3n) is 13.6. The minimum atomic E-state index is -0.151. The van der Waals surface area contributed by atoms with Crippen LogP contribution in [-0.4, -0.2) is 27.0 Å². The van der Waals surface area contributed by atoms with Gasteiger partial charge in [-0.15, -0.1) is 0 Å². The summed E-state index contributed by atoms with van der Waals surface area (Å²) in [4.78, 5) is 9.92. The van der Waals surface area contributed by atoms with Gasteiger partial charge in [0, 0.05) is 61.6 Å². The normalized spacial score (nSPS) is 14.6. The van der Waals surface area contributed by atoms with Gasteiger partial charge in [0.15, 0.2) is 5.84 Å². The van der Waals surface area contributed by atoms with Crippen molar-refractivity contribution in [2.75, 3.05) is 0 Å². The second-order valence-corrected chi connectivity index (χ2v) is 17.7. The first-order chi connectivity index (χ1) is 34.2. The van der Waals surface area contributed by atoms with Crippen molar-refractivity contribution < 1.29 is 4.42 Å². The van der Waals surface area contributed by atoms with Crippen molar-refractivity contribution >= 4 is 94.7 Å². The third-order valence-corrected chi connectivity index (χ3v) is 13.6. The zero-order valence-corrected chi connectivity index (χ0v) is 37.5. The van der Waals surface area contributed by atoms with E-state index in [2.05, 4.69) is 179 Å². The second-order valence-electron chi connectivity index (χ2n) is 17.7. The fourth-order valence-corrected chi connectivity index (χ4v) is 10.5. The van der Waals surface area contributed by atoms with Gasteiger partial charge in [-0.25, -0.2) is 9.98 Å². The summed E-state index contributed by atoms with van der Waals surface area (Å²) >= 11 is 0. The number of nitrogens with one attached hydrogen (secondary N) is 1. The van der Waals surface area contributed by atoms with Gasteiger partial charge < -0.3 is 13.6 Å². The molecule has 0 saturated heterocycles. The van der Waals surface area contributed by atoms with Crippen molar-refractivity contribution in [1.82, 2.24) is 9.13 Å². The second kappa shape index (κ2) is 16.6. The Bertz CT molecular complexity index is 4080. The monoisotopic (exact) mass is 885 g/mol. The average Bonchev–Trinajstić information content (AvgIpc) is 4.07. The molecule has 0 spiro atoms. The molecule has 1 unspecified atom stereocenters. The quantitative estimate of drug-likeness (QED) is 0.126. The number of hydrogen-bond acceptors (Lipinski definition) is 2. The zero-order chi connectivity index (χ0) is 45.8. The molecule has 9 aromatic carbocycles. The van der Waals surface area contributed by atoms with Crippen molar-refractivity contribution in [1.29, 1.82) is 5.41 Å². The summed E-state index contributed by atoms with van der Waals surface area (Å²) < 4.78 is 12.0. The molecule has 0 amide bonds. The molecule has 3 aromatic heterocycles. The number of nitrogens with zero attached hydrogens (tertiary/aromatic N) is 4. The fourth-order valence-electron chi connectivity index (χ4n) is 10.5. The van der Waals surface area contributed by atoms with E-state index >= 15 is 0 Å². The van der Waals surface area contributed by atoms with Crippen LogP contribution >= 0.6 is 0 Å². The fraction of sp³-hybridized carbons (Fsp3) is 0.0317. The van der Waals surface area contributed by atoms with E-state index in [1.54, 1.807) is 0 Å². The van der Waals surface area contributed by atoms with E-state index in [0.717, 1.165) is 105 Å². The summed E-state index contributed by atoms with van der Waals surface area (Å²) in [7, 11) is 0. The van der Waals surface area contributed by atoms with Crippen molar-refractivity contribution in [3.63, 3.8) is 0 Å². The molecule has 3 heterocycles. The first-order valence-corrected chi connectivity index (χ1v) is 23.4. The Kier molecular flexibility index (Phi) is 9.68. The van der Waals surface area contributed by atoms with Crippen LogP contribution in [0.2, 0.25) is 0 Å². The predicted molar refractivity (Wildman–Crippen MR) is 287 cm³/mol. The Morgan fingerprint density at radius 1 is 0.536 bits per heavy atom. The molecule has 6 heteroatoms. The number of amidine groups is 2. The molecule has 6 nitrogen and oxygen atoms in total. The van der Waals surface area contributed by atoms with Gasteiger partial charge in [0.1, 0.15) is 17.0 Å². The number of aliphatic imine (C=N–C) groups is 2. The minimum Gasteiger partial charge on any atom is -0.455 e. The van der Waals surface area contributed by atoms with Gasteiger partial charge >= 0.3 is 0 Å². The average molecular weight is 886 g/mol. The SMILES string of the molecule is N=C(N=C(N=Cc1ccccc1)c1ccccc1)C1=CC(c2ccccc2)=C(n2c3ccccc3c3c4oc5cc6c7ccccc7n(-c7ccccc7)c6cc5c4ccc32)C(c2ccccc2)C1. The number of fused-ring (bicyclic) bond motifs is 10. The van der Waals surface area contributed by atoms with Crippen LogP contribution in [0, 0.1) is 5.41 Å². The molecule has 0 saturated carbocycles. The molecule has 1 atom stereocenters. The Hall–Kier alpha value is -9.13. The molecule has 12 aromatic rings. The van der Waals surface area contributed by atoms with Gasteiger partial charge in [-0.05, 0) is 83.3 Å². The maximum absolute atomic E-state index is 9.77. The Balaban J connectivity index is 1.05. The van der Waals surface area contributed by atoms with Crippen molar-refractivity contribution in [2.45, 2.75) is 12.3 Å². The van der Waals surface area contributed by atoms with E-state index in [0.29, 0.717) is 12.3 Å². The lowest BCUT2D eigenvalue weighted by Crippen LogP contribution is -2.18. The van der Waals surface area contributed by atoms with Crippen LogP contribution in [0.25, 0.3) is 82.5 Å². The molecule has 0 aliphatic heterocycles. The van der Waals surface area contributed by atoms with E-state index < -0.39 is 0 Å². The van der Waals surface area contributed by atoms with Crippen LogP contribution in [0.4, 0.5) is 0 Å². The van der Waals surface area contributed by atoms with Crippen molar-refractivity contribution in [3.8, 4) is 5.69 Å². The van der Waals surface area contributed by atoms with Crippen molar-refractivity contribution in [2.24, 2.45) is 9.98 Å². The lowest BCUT2D eigenvalue weighted by molar-refractivity contribution is 0.673. The van der Waals surface area contributed by atoms with E-state index in [9.17, 15) is 5.41 Å². The van der Waals surface area contributed by atoms with Gasteiger partial charge in [-0.2, -0.15) is 0 Å². The summed E-state index contributed by atoms with van der Waals surface area (Å²) in [6.07, 6.45) is 4.56. The summed E-state index contributed by atoms with van der Waals surface area (Å²) in [5.74, 6) is 0.512. The highest BCUT2D eigenvalue weighted by molar-refractivity contribution is 6.26. The number of hydrogen-bond donors (Lipinski definition) is 1. The van der Waals surface area contributed by atoms with Gasteiger partial charge in [-0.1, -0.05) is 176 Å². The van der Waals surface area contributed by atoms with Crippen LogP contribution < -0.4 is 0 Å². The molecule has 0 bridgehead atoms. The zero-order valence-electron chi connectivity index (χ0n) is 37.5. The van der Waals surface area contributed by atoms with E-state index in [1.165, 1.54) is 5.39 Å². The molecular weight excluding hydrogens is 843 g/mol. The minimum absolute atomic E-state index is 0.151. The summed E-state index contributed by atoms with van der Waals surface area (Å²) in [5.41, 5.74) is 14.3. The Labute approximate surface area is 398 Å². The Morgan fingerprint density at radius 3 is 1.90 bits per heavy atom. The van der Waals surface area contributed by atoms with Crippen LogP contribution in [0.5, 0.6) is 0 Å². The van der Waals surface area contributed by atoms with E-state index in [1.807, 2.05) is 66.9 Å². The van der Waals surface area contributed by atoms with Gasteiger partial charge in [0.05, 0.1) is 27.5 Å². The molecule has 1 aliphatic carbocycles. The third kappa shape index (κ3) is 6.84. The summed E-state index contributed by atoms with van der Waals surface area (Å²) in [6.45, 7) is 0. The molecule has 1 aliphatic rings. The van der Waals surface area contributed by atoms with Gasteiger partial charge in [-0.3, -0.25) is 5.41 Å². The molecule has 1 N–H and O–H groups in total. The summed E-state index contributed by atoms with van der Waals surface area (Å²) in [5, 5.41) is 16.5. The van der Waals surface area contributed by atoms with Crippen LogP contribution in [0.3, 0.4) is 0 Å². The topological polar surface area (TPSA) is 71.6 Å². The number of benzene rings is 9. The highest BCUT2D eigenvalue weighted by atomic mass is 16.3. The number of rotatable bonds is 7. The van der Waals surface area contributed by atoms with Crippen LogP contribution in [0.1, 0.15) is 34.6 Å². The number of allylic oxidation sites excluding steroid dienone is 3. The lowest BCUT2D eigenvalue weighted by atomic mass is 9.80. The highest BCUT2D eigenvalue weighted by Crippen LogP contribution is 2.49. The van der Waals surface area contributed by atoms with E-state index in [-0.39, 0.29) is 11.8 Å². The molecule has 0 fully saturated rings. The van der Waals surface area contributed by atoms with Crippen LogP contribution in [-0.2, 0) is 0 Å². The van der Waals surface area contributed by atoms with E-state index in [4.69, 9.17) is 14.4 Å². The molecule has 13 rings (SSSR count). The molecule has 0 radical (unpaired) electrons. The number of para-hydroxylation sites is 3. The standard InChI is InChI=1S/C63H43N5O/c64-62(66-63(44-26-12-4-13-27-44)65-40-41-20-6-1-7-21-41)45-36-50(42-22-8-2-9-23-42)60(51(37-45)43-24-10-3-11-25-43)68-55-33-19-17-31-49(55)59-56(68)35-34-48-53-38-57-52(39-58(53)69-61(48)59)47-30-16-18-32-54(47)67(57)46-28-14-5-15-29-46/h1-36,38-40,51,64H,37H2. The van der Waals surface area contributed by atoms with Gasteiger partial charge in [0.2, 0.25) is 0 Å². The smallest absolute Gasteiger partial charge is 0.161 e. The predicted octanol–water partition coefficient (Wildman–Crippen LogP) is 15.8. The maximum Gasteiger partial charge on any atom is 0.161 e. The lowest BCUT2D eigenvalue weighted by Gasteiger charge is -2.31. The molecular formula is C63H43N5O. The largest absolute Gasteiger partial charge is 0.455 e. The highest BCUT2D eigenvalue weighted by Gasteiger charge is 2.32. The van der Waals surface area contributed by atoms with Crippen LogP contribution in [0.15, 0.2) is 251 Å². The van der Waals surface area contributed by atoms with Gasteiger partial charge in [0.25, 0.3) is 0 Å². The molecule has 69 heavy (non-hydrogen) atoms. The Morgan fingerprint density at radius 2 is 1.16 bits per heavy atom. The maximum atomic E-state index is 9.77. The van der Waals surface area contributed by atoms with Crippen molar-refractivity contribution in [3.05, 3.63) is 258 Å². The first-order valence-electron chi connectivity index (χ1n) is 23.4. The number of furan rings is 1. The number of aromatic nitrogens is 2. The first kappa shape index (κ1) is 40.2. The molecule has 326 valence electrons.